The molecule has 1 amide bonds. The molecule has 4 rings (SSSR count). The van der Waals surface area contributed by atoms with Crippen molar-refractivity contribution in [3.05, 3.63) is 56.8 Å². The third-order valence-electron chi connectivity index (χ3n) is 4.47. The predicted octanol–water partition coefficient (Wildman–Crippen LogP) is 2.38. The van der Waals surface area contributed by atoms with E-state index >= 15 is 0 Å². The Kier molecular flexibility index (Phi) is 3.93. The van der Waals surface area contributed by atoms with E-state index in [1.54, 1.807) is 29.7 Å². The molecular weight excluding hydrogens is 324 g/mol. The fourth-order valence-corrected chi connectivity index (χ4v) is 4.01. The van der Waals surface area contributed by atoms with Crippen molar-refractivity contribution < 1.29 is 4.79 Å². The Hall–Kier alpha value is -2.41. The molecule has 1 fully saturated rings. The van der Waals surface area contributed by atoms with Crippen LogP contribution >= 0.6 is 11.3 Å². The van der Waals surface area contributed by atoms with E-state index in [9.17, 15) is 9.59 Å². The van der Waals surface area contributed by atoms with Gasteiger partial charge in [0.05, 0.1) is 18.2 Å². The SMILES string of the molecule is O=C(Cc1cccs1)N1CCCC[C@@H]1c1cc(=O)n2[nH]ccc2n1. The molecule has 24 heavy (non-hydrogen) atoms. The summed E-state index contributed by atoms with van der Waals surface area (Å²) in [5.41, 5.74) is 1.14. The molecule has 1 saturated heterocycles. The van der Waals surface area contributed by atoms with Crippen molar-refractivity contribution in [3.63, 3.8) is 0 Å². The van der Waals surface area contributed by atoms with Gasteiger partial charge in [0.1, 0.15) is 0 Å². The van der Waals surface area contributed by atoms with Crippen molar-refractivity contribution in [1.82, 2.24) is 19.5 Å². The molecule has 6 nitrogen and oxygen atoms in total. The molecule has 7 heteroatoms. The molecule has 3 aromatic heterocycles. The van der Waals surface area contributed by atoms with Gasteiger partial charge in [0.2, 0.25) is 5.91 Å². The average molecular weight is 342 g/mol. The van der Waals surface area contributed by atoms with Gasteiger partial charge in [0, 0.05) is 29.8 Å². The number of carbonyl (C=O) groups excluding carboxylic acids is 1. The van der Waals surface area contributed by atoms with E-state index in [1.807, 2.05) is 22.4 Å². The Balaban J connectivity index is 1.65. The molecule has 1 N–H and O–H groups in total. The van der Waals surface area contributed by atoms with Gasteiger partial charge in [-0.3, -0.25) is 14.7 Å². The molecule has 0 unspecified atom stereocenters. The van der Waals surface area contributed by atoms with Gasteiger partial charge < -0.3 is 4.90 Å². The number of fused-ring (bicyclic) bond motifs is 1. The second-order valence-electron chi connectivity index (χ2n) is 6.03. The number of hydrogen-bond donors (Lipinski definition) is 1. The maximum atomic E-state index is 12.8. The topological polar surface area (TPSA) is 70.5 Å². The van der Waals surface area contributed by atoms with Gasteiger partial charge in [-0.1, -0.05) is 6.07 Å². The van der Waals surface area contributed by atoms with Crippen molar-refractivity contribution in [2.45, 2.75) is 31.7 Å². The van der Waals surface area contributed by atoms with Crippen LogP contribution in [-0.2, 0) is 11.2 Å². The van der Waals surface area contributed by atoms with Crippen LogP contribution in [-0.4, -0.2) is 31.9 Å². The zero-order chi connectivity index (χ0) is 16.5. The van der Waals surface area contributed by atoms with Crippen LogP contribution in [0.2, 0.25) is 0 Å². The van der Waals surface area contributed by atoms with E-state index in [-0.39, 0.29) is 17.5 Å². The van der Waals surface area contributed by atoms with E-state index in [4.69, 9.17) is 0 Å². The molecule has 0 aromatic carbocycles. The zero-order valence-electron chi connectivity index (χ0n) is 13.1. The van der Waals surface area contributed by atoms with Gasteiger partial charge in [-0.25, -0.2) is 9.50 Å². The summed E-state index contributed by atoms with van der Waals surface area (Å²) in [6.07, 6.45) is 5.00. The zero-order valence-corrected chi connectivity index (χ0v) is 14.0. The lowest BCUT2D eigenvalue weighted by Gasteiger charge is -2.35. The van der Waals surface area contributed by atoms with Gasteiger partial charge in [-0.2, -0.15) is 0 Å². The maximum Gasteiger partial charge on any atom is 0.272 e. The number of piperidine rings is 1. The molecule has 0 radical (unpaired) electrons. The summed E-state index contributed by atoms with van der Waals surface area (Å²) in [4.78, 5) is 32.5. The normalized spacial score (nSPS) is 18.2. The standard InChI is InChI=1S/C17H18N4O2S/c22-16(10-12-4-3-9-24-12)20-8-2-1-5-14(20)13-11-17(23)21-15(19-13)6-7-18-21/h3-4,6-7,9,11,14,18H,1-2,5,8,10H2/t14-/m1/s1. The molecule has 0 spiro atoms. The molecule has 4 heterocycles. The highest BCUT2D eigenvalue weighted by atomic mass is 32.1. The highest BCUT2D eigenvalue weighted by molar-refractivity contribution is 7.10. The maximum absolute atomic E-state index is 12.8. The number of hydrogen-bond acceptors (Lipinski definition) is 4. The molecule has 0 bridgehead atoms. The second-order valence-corrected chi connectivity index (χ2v) is 7.06. The molecule has 1 aliphatic rings. The number of likely N-dealkylation sites (tertiary alicyclic amines) is 1. The monoisotopic (exact) mass is 342 g/mol. The quantitative estimate of drug-likeness (QED) is 0.794. The fraction of sp³-hybridized carbons (Fsp3) is 0.353. The summed E-state index contributed by atoms with van der Waals surface area (Å²) in [6.45, 7) is 0.725. The van der Waals surface area contributed by atoms with E-state index in [0.717, 1.165) is 30.7 Å². The van der Waals surface area contributed by atoms with E-state index in [2.05, 4.69) is 10.1 Å². The Morgan fingerprint density at radius 2 is 2.29 bits per heavy atom. The Morgan fingerprint density at radius 1 is 1.38 bits per heavy atom. The van der Waals surface area contributed by atoms with Gasteiger partial charge in [-0.05, 0) is 30.7 Å². The van der Waals surface area contributed by atoms with Crippen molar-refractivity contribution in [1.29, 1.82) is 0 Å². The van der Waals surface area contributed by atoms with Crippen molar-refractivity contribution >= 4 is 22.9 Å². The number of amides is 1. The Bertz CT molecular complexity index is 912. The first-order valence-electron chi connectivity index (χ1n) is 8.11. The van der Waals surface area contributed by atoms with E-state index in [0.29, 0.717) is 17.8 Å². The fourth-order valence-electron chi connectivity index (χ4n) is 3.32. The van der Waals surface area contributed by atoms with Gasteiger partial charge in [-0.15, -0.1) is 11.3 Å². The lowest BCUT2D eigenvalue weighted by molar-refractivity contribution is -0.134. The minimum Gasteiger partial charge on any atom is -0.334 e. The lowest BCUT2D eigenvalue weighted by Crippen LogP contribution is -2.40. The first-order valence-corrected chi connectivity index (χ1v) is 8.99. The average Bonchev–Trinajstić information content (AvgIpc) is 3.26. The third kappa shape index (κ3) is 2.75. The minimum absolute atomic E-state index is 0.109. The van der Waals surface area contributed by atoms with Crippen molar-refractivity contribution in [2.24, 2.45) is 0 Å². The van der Waals surface area contributed by atoms with Crippen LogP contribution in [0, 0.1) is 0 Å². The number of H-pyrrole nitrogens is 1. The number of nitrogens with one attached hydrogen (secondary N) is 1. The van der Waals surface area contributed by atoms with Crippen LogP contribution in [0.5, 0.6) is 0 Å². The molecule has 1 atom stereocenters. The minimum atomic E-state index is -0.142. The number of thiophene rings is 1. The molecule has 0 saturated carbocycles. The van der Waals surface area contributed by atoms with Crippen LogP contribution in [0.3, 0.4) is 0 Å². The molecule has 1 aliphatic heterocycles. The van der Waals surface area contributed by atoms with E-state index in [1.165, 1.54) is 4.52 Å². The Labute approximate surface area is 142 Å². The summed E-state index contributed by atoms with van der Waals surface area (Å²) in [7, 11) is 0. The van der Waals surface area contributed by atoms with Crippen molar-refractivity contribution in [3.8, 4) is 0 Å². The highest BCUT2D eigenvalue weighted by Gasteiger charge is 2.29. The number of carbonyl (C=O) groups is 1. The number of aromatic amines is 1. The number of aromatic nitrogens is 3. The molecule has 124 valence electrons. The van der Waals surface area contributed by atoms with E-state index < -0.39 is 0 Å². The van der Waals surface area contributed by atoms with Crippen LogP contribution in [0.1, 0.15) is 35.9 Å². The Morgan fingerprint density at radius 3 is 3.12 bits per heavy atom. The summed E-state index contributed by atoms with van der Waals surface area (Å²) in [5.74, 6) is 0.109. The molecular formula is C17H18N4O2S. The lowest BCUT2D eigenvalue weighted by atomic mass is 9.98. The van der Waals surface area contributed by atoms with Crippen LogP contribution in [0.4, 0.5) is 0 Å². The summed E-state index contributed by atoms with van der Waals surface area (Å²) >= 11 is 1.60. The van der Waals surface area contributed by atoms with Gasteiger partial charge in [0.15, 0.2) is 5.65 Å². The molecule has 0 aliphatic carbocycles. The highest BCUT2D eigenvalue weighted by Crippen LogP contribution is 2.30. The van der Waals surface area contributed by atoms with Crippen molar-refractivity contribution in [2.75, 3.05) is 6.54 Å². The summed E-state index contributed by atoms with van der Waals surface area (Å²) < 4.78 is 1.41. The first kappa shape index (κ1) is 15.1. The summed E-state index contributed by atoms with van der Waals surface area (Å²) in [5, 5.41) is 4.83. The van der Waals surface area contributed by atoms with Gasteiger partial charge >= 0.3 is 0 Å². The molecule has 3 aromatic rings. The van der Waals surface area contributed by atoms with Crippen LogP contribution in [0.25, 0.3) is 5.65 Å². The summed E-state index contributed by atoms with van der Waals surface area (Å²) in [6, 6.07) is 7.15. The van der Waals surface area contributed by atoms with Crippen LogP contribution < -0.4 is 5.56 Å². The number of nitrogens with zero attached hydrogens (tertiary/aromatic N) is 3. The van der Waals surface area contributed by atoms with Crippen LogP contribution in [0.15, 0.2) is 40.6 Å². The van der Waals surface area contributed by atoms with Gasteiger partial charge in [0.25, 0.3) is 5.56 Å². The largest absolute Gasteiger partial charge is 0.334 e. The smallest absolute Gasteiger partial charge is 0.272 e. The second kappa shape index (κ2) is 6.24. The predicted molar refractivity (Wildman–Crippen MR) is 92.1 cm³/mol. The number of rotatable bonds is 3. The third-order valence-corrected chi connectivity index (χ3v) is 5.35. The first-order chi connectivity index (χ1) is 11.7.